The number of rotatable bonds is 2. The molecular formula is C10H22ClN. The molecule has 0 amide bonds. The van der Waals surface area contributed by atoms with Gasteiger partial charge in [0.2, 0.25) is 0 Å². The van der Waals surface area contributed by atoms with Crippen molar-refractivity contribution >= 4 is 12.4 Å². The highest BCUT2D eigenvalue weighted by molar-refractivity contribution is 5.85. The largest absolute Gasteiger partial charge is 0.319 e. The lowest BCUT2D eigenvalue weighted by atomic mass is 9.98. The average molecular weight is 192 g/mol. The van der Waals surface area contributed by atoms with Gasteiger partial charge in [-0.25, -0.2) is 0 Å². The Kier molecular flexibility index (Phi) is 2.94. The lowest BCUT2D eigenvalue weighted by Gasteiger charge is -2.14. The van der Waals surface area contributed by atoms with Gasteiger partial charge in [-0.15, -0.1) is 12.4 Å². The van der Waals surface area contributed by atoms with Gasteiger partial charge in [0.05, 0.1) is 0 Å². The molecule has 0 aliphatic heterocycles. The Morgan fingerprint density at radius 3 is 1.33 bits per heavy atom. The molecule has 12 heavy (non-hydrogen) atoms. The van der Waals surface area contributed by atoms with Crippen molar-refractivity contribution in [3.8, 4) is 0 Å². The van der Waals surface area contributed by atoms with Crippen molar-refractivity contribution in [1.82, 2.24) is 5.32 Å². The van der Waals surface area contributed by atoms with Gasteiger partial charge >= 0.3 is 0 Å². The van der Waals surface area contributed by atoms with Crippen LogP contribution in [0, 0.1) is 16.2 Å². The second-order valence-electron chi connectivity index (χ2n) is 5.11. The Morgan fingerprint density at radius 2 is 1.25 bits per heavy atom. The monoisotopic (exact) mass is 191 g/mol. The van der Waals surface area contributed by atoms with Gasteiger partial charge in [-0.3, -0.25) is 0 Å². The van der Waals surface area contributed by atoms with E-state index in [0.29, 0.717) is 16.2 Å². The first kappa shape index (κ1) is 12.2. The van der Waals surface area contributed by atoms with E-state index in [1.165, 1.54) is 0 Å². The molecule has 74 valence electrons. The quantitative estimate of drug-likeness (QED) is 0.708. The molecule has 0 aromatic carbocycles. The van der Waals surface area contributed by atoms with Crippen molar-refractivity contribution in [2.45, 2.75) is 34.6 Å². The van der Waals surface area contributed by atoms with Crippen LogP contribution in [0.5, 0.6) is 0 Å². The summed E-state index contributed by atoms with van der Waals surface area (Å²) in [6.45, 7) is 13.0. The van der Waals surface area contributed by atoms with Crippen LogP contribution in [0.4, 0.5) is 0 Å². The fourth-order valence-corrected chi connectivity index (χ4v) is 2.51. The number of hydrogen-bond donors (Lipinski definition) is 1. The van der Waals surface area contributed by atoms with Crippen molar-refractivity contribution in [2.75, 3.05) is 13.6 Å². The minimum atomic E-state index is 0. The number of hydrogen-bond acceptors (Lipinski definition) is 1. The Morgan fingerprint density at radius 1 is 0.917 bits per heavy atom. The fourth-order valence-electron chi connectivity index (χ4n) is 2.51. The van der Waals surface area contributed by atoms with E-state index < -0.39 is 0 Å². The maximum atomic E-state index is 3.28. The summed E-state index contributed by atoms with van der Waals surface area (Å²) in [5, 5.41) is 3.28. The molecule has 1 fully saturated rings. The van der Waals surface area contributed by atoms with Crippen LogP contribution < -0.4 is 5.32 Å². The van der Waals surface area contributed by atoms with Gasteiger partial charge in [0.1, 0.15) is 0 Å². The molecule has 1 nitrogen and oxygen atoms in total. The molecule has 0 radical (unpaired) electrons. The van der Waals surface area contributed by atoms with E-state index in [0.717, 1.165) is 6.54 Å². The Bertz CT molecular complexity index is 159. The van der Waals surface area contributed by atoms with Crippen LogP contribution in [0.2, 0.25) is 0 Å². The van der Waals surface area contributed by atoms with Crippen molar-refractivity contribution in [3.05, 3.63) is 0 Å². The lowest BCUT2D eigenvalue weighted by Crippen LogP contribution is -2.22. The van der Waals surface area contributed by atoms with E-state index in [1.807, 2.05) is 7.05 Å². The molecule has 1 aliphatic carbocycles. The zero-order valence-electron chi connectivity index (χ0n) is 9.12. The van der Waals surface area contributed by atoms with Crippen LogP contribution in [0.25, 0.3) is 0 Å². The van der Waals surface area contributed by atoms with Crippen LogP contribution in [-0.4, -0.2) is 13.6 Å². The van der Waals surface area contributed by atoms with Crippen LogP contribution in [0.1, 0.15) is 34.6 Å². The summed E-state index contributed by atoms with van der Waals surface area (Å²) < 4.78 is 0. The molecule has 0 aromatic rings. The van der Waals surface area contributed by atoms with Crippen LogP contribution in [0.3, 0.4) is 0 Å². The van der Waals surface area contributed by atoms with Crippen LogP contribution in [0.15, 0.2) is 0 Å². The van der Waals surface area contributed by atoms with Crippen molar-refractivity contribution < 1.29 is 0 Å². The molecule has 0 atom stereocenters. The third-order valence-electron chi connectivity index (χ3n) is 4.79. The van der Waals surface area contributed by atoms with E-state index in [4.69, 9.17) is 0 Å². The summed E-state index contributed by atoms with van der Waals surface area (Å²) in [5.74, 6) is 0. The molecule has 0 heterocycles. The minimum Gasteiger partial charge on any atom is -0.319 e. The SMILES string of the molecule is CNCC1(C)C(C)(C)C1(C)C.Cl. The molecule has 1 N–H and O–H groups in total. The standard InChI is InChI=1S/C10H21N.ClH/c1-8(2)9(3,4)10(8,5)7-11-6;/h11H,7H2,1-6H3;1H. The molecule has 1 aliphatic rings. The predicted molar refractivity (Wildman–Crippen MR) is 56.8 cm³/mol. The smallest absolute Gasteiger partial charge is 0.00128 e. The summed E-state index contributed by atoms with van der Waals surface area (Å²) in [6.07, 6.45) is 0. The second kappa shape index (κ2) is 2.88. The minimum absolute atomic E-state index is 0. The molecule has 0 unspecified atom stereocenters. The Balaban J connectivity index is 0.00000121. The van der Waals surface area contributed by atoms with Gasteiger partial charge in [0, 0.05) is 6.54 Å². The number of halogens is 1. The average Bonchev–Trinajstić information content (AvgIpc) is 2.12. The van der Waals surface area contributed by atoms with Crippen LogP contribution in [-0.2, 0) is 0 Å². The Labute approximate surface area is 82.7 Å². The highest BCUT2D eigenvalue weighted by Gasteiger charge is 2.73. The molecule has 0 aromatic heterocycles. The lowest BCUT2D eigenvalue weighted by molar-refractivity contribution is 0.392. The van der Waals surface area contributed by atoms with Crippen molar-refractivity contribution in [3.63, 3.8) is 0 Å². The van der Waals surface area contributed by atoms with Gasteiger partial charge in [-0.1, -0.05) is 34.6 Å². The molecule has 2 heteroatoms. The summed E-state index contributed by atoms with van der Waals surface area (Å²) in [6, 6.07) is 0. The molecule has 0 saturated heterocycles. The maximum absolute atomic E-state index is 3.28. The normalized spacial score (nSPS) is 27.5. The van der Waals surface area contributed by atoms with E-state index >= 15 is 0 Å². The third-order valence-corrected chi connectivity index (χ3v) is 4.79. The first-order valence-electron chi connectivity index (χ1n) is 4.46. The first-order valence-corrected chi connectivity index (χ1v) is 4.46. The molecular weight excluding hydrogens is 170 g/mol. The highest BCUT2D eigenvalue weighted by atomic mass is 35.5. The molecule has 1 rings (SSSR count). The van der Waals surface area contributed by atoms with E-state index in [1.54, 1.807) is 0 Å². The van der Waals surface area contributed by atoms with E-state index in [-0.39, 0.29) is 12.4 Å². The third kappa shape index (κ3) is 1.03. The maximum Gasteiger partial charge on any atom is 0.00128 e. The first-order chi connectivity index (χ1) is 4.81. The highest BCUT2D eigenvalue weighted by Crippen LogP contribution is 2.77. The van der Waals surface area contributed by atoms with Gasteiger partial charge in [0.25, 0.3) is 0 Å². The van der Waals surface area contributed by atoms with Gasteiger partial charge < -0.3 is 5.32 Å². The van der Waals surface area contributed by atoms with Gasteiger partial charge in [-0.2, -0.15) is 0 Å². The zero-order chi connectivity index (χ0) is 8.91. The zero-order valence-corrected chi connectivity index (χ0v) is 9.93. The van der Waals surface area contributed by atoms with E-state index in [2.05, 4.69) is 39.9 Å². The second-order valence-corrected chi connectivity index (χ2v) is 5.11. The molecule has 1 saturated carbocycles. The van der Waals surface area contributed by atoms with E-state index in [9.17, 15) is 0 Å². The van der Waals surface area contributed by atoms with Gasteiger partial charge in [0.15, 0.2) is 0 Å². The fraction of sp³-hybridized carbons (Fsp3) is 1.00. The Hall–Kier alpha value is 0.250. The predicted octanol–water partition coefficient (Wildman–Crippen LogP) is 2.70. The van der Waals surface area contributed by atoms with Crippen molar-refractivity contribution in [1.29, 1.82) is 0 Å². The summed E-state index contributed by atoms with van der Waals surface area (Å²) in [7, 11) is 2.04. The molecule has 0 spiro atoms. The summed E-state index contributed by atoms with van der Waals surface area (Å²) in [4.78, 5) is 0. The number of nitrogens with one attached hydrogen (secondary N) is 1. The molecule has 0 bridgehead atoms. The topological polar surface area (TPSA) is 12.0 Å². The van der Waals surface area contributed by atoms with Crippen molar-refractivity contribution in [2.24, 2.45) is 16.2 Å². The van der Waals surface area contributed by atoms with Gasteiger partial charge in [-0.05, 0) is 23.3 Å². The summed E-state index contributed by atoms with van der Waals surface area (Å²) >= 11 is 0. The summed E-state index contributed by atoms with van der Waals surface area (Å²) in [5.41, 5.74) is 1.46. The van der Waals surface area contributed by atoms with Crippen LogP contribution >= 0.6 is 12.4 Å².